The second-order valence-corrected chi connectivity index (χ2v) is 7.10. The van der Waals surface area contributed by atoms with Crippen LogP contribution in [0.25, 0.3) is 0 Å². The lowest BCUT2D eigenvalue weighted by atomic mass is 10.1. The normalized spacial score (nSPS) is 12.9. The highest BCUT2D eigenvalue weighted by Crippen LogP contribution is 2.14. The zero-order valence-electron chi connectivity index (χ0n) is 11.8. The van der Waals surface area contributed by atoms with E-state index in [0.29, 0.717) is 12.1 Å². The van der Waals surface area contributed by atoms with E-state index in [-0.39, 0.29) is 17.0 Å². The largest absolute Gasteiger partial charge is 0.392 e. The fourth-order valence-corrected chi connectivity index (χ4v) is 2.60. The zero-order valence-corrected chi connectivity index (χ0v) is 12.7. The highest BCUT2D eigenvalue weighted by molar-refractivity contribution is 7.89. The number of nitrogens with one attached hydrogen (secondary N) is 1. The molecule has 0 saturated heterocycles. The smallest absolute Gasteiger partial charge is 0.240 e. The summed E-state index contributed by atoms with van der Waals surface area (Å²) in [5.74, 6) is 0. The Kier molecular flexibility index (Phi) is 5.09. The fourth-order valence-electron chi connectivity index (χ4n) is 1.32. The number of rotatable bonds is 6. The van der Waals surface area contributed by atoms with Gasteiger partial charge in [0.15, 0.2) is 0 Å². The van der Waals surface area contributed by atoms with Gasteiger partial charge in [0, 0.05) is 12.1 Å². The van der Waals surface area contributed by atoms with Gasteiger partial charge < -0.3 is 10.0 Å². The van der Waals surface area contributed by atoms with Gasteiger partial charge in [-0.3, -0.25) is 0 Å². The quantitative estimate of drug-likeness (QED) is 0.811. The highest BCUT2D eigenvalue weighted by Gasteiger charge is 2.24. The molecule has 0 atom stereocenters. The topological polar surface area (TPSA) is 69.6 Å². The van der Waals surface area contributed by atoms with Gasteiger partial charge in [0.2, 0.25) is 10.0 Å². The Morgan fingerprint density at radius 2 is 1.95 bits per heavy atom. The van der Waals surface area contributed by atoms with E-state index in [4.69, 9.17) is 5.11 Å². The first-order chi connectivity index (χ1) is 8.69. The van der Waals surface area contributed by atoms with Crippen molar-refractivity contribution in [2.45, 2.75) is 30.9 Å². The maximum atomic E-state index is 12.2. The second kappa shape index (κ2) is 6.00. The lowest BCUT2D eigenvalue weighted by Gasteiger charge is -2.32. The van der Waals surface area contributed by atoms with Crippen molar-refractivity contribution in [1.82, 2.24) is 9.62 Å². The van der Waals surface area contributed by atoms with Crippen LogP contribution in [-0.2, 0) is 16.6 Å². The minimum atomic E-state index is -3.55. The summed E-state index contributed by atoms with van der Waals surface area (Å²) in [6.07, 6.45) is 0. The molecule has 1 aromatic carbocycles. The molecule has 0 bridgehead atoms. The van der Waals surface area contributed by atoms with Crippen molar-refractivity contribution in [3.8, 4) is 0 Å². The Morgan fingerprint density at radius 3 is 2.47 bits per heavy atom. The highest BCUT2D eigenvalue weighted by atomic mass is 32.2. The fraction of sp³-hybridized carbons (Fsp3) is 0.538. The van der Waals surface area contributed by atoms with Crippen LogP contribution in [0.3, 0.4) is 0 Å². The van der Waals surface area contributed by atoms with Crippen LogP contribution in [0.2, 0.25) is 0 Å². The van der Waals surface area contributed by atoms with E-state index in [1.54, 1.807) is 12.1 Å². The molecule has 0 aliphatic rings. The van der Waals surface area contributed by atoms with E-state index in [2.05, 4.69) is 4.72 Å². The van der Waals surface area contributed by atoms with E-state index in [1.165, 1.54) is 12.1 Å². The third-order valence-corrected chi connectivity index (χ3v) is 4.70. The van der Waals surface area contributed by atoms with Gasteiger partial charge in [0.1, 0.15) is 0 Å². The van der Waals surface area contributed by atoms with Crippen LogP contribution in [0, 0.1) is 0 Å². The number of aliphatic hydroxyl groups is 1. The first-order valence-electron chi connectivity index (χ1n) is 6.06. The van der Waals surface area contributed by atoms with Crippen LogP contribution >= 0.6 is 0 Å². The van der Waals surface area contributed by atoms with Crippen LogP contribution < -0.4 is 4.72 Å². The first-order valence-corrected chi connectivity index (χ1v) is 7.54. The molecule has 19 heavy (non-hydrogen) atoms. The average molecular weight is 286 g/mol. The number of hydrogen-bond donors (Lipinski definition) is 2. The molecule has 0 amide bonds. The Balaban J connectivity index is 2.87. The summed E-state index contributed by atoms with van der Waals surface area (Å²) in [5, 5.41) is 9.04. The zero-order chi connectivity index (χ0) is 14.7. The predicted octanol–water partition coefficient (Wildman–Crippen LogP) is 0.797. The maximum Gasteiger partial charge on any atom is 0.240 e. The summed E-state index contributed by atoms with van der Waals surface area (Å²) in [7, 11) is 0.260. The van der Waals surface area contributed by atoms with Crippen LogP contribution in [-0.4, -0.2) is 44.6 Å². The molecule has 0 radical (unpaired) electrons. The lowest BCUT2D eigenvalue weighted by molar-refractivity contribution is 0.199. The van der Waals surface area contributed by atoms with Crippen LogP contribution in [0.15, 0.2) is 29.2 Å². The van der Waals surface area contributed by atoms with Gasteiger partial charge in [-0.1, -0.05) is 12.1 Å². The van der Waals surface area contributed by atoms with Gasteiger partial charge in [0.25, 0.3) is 0 Å². The van der Waals surface area contributed by atoms with E-state index in [0.717, 1.165) is 0 Å². The number of benzene rings is 1. The number of aliphatic hydroxyl groups excluding tert-OH is 1. The molecule has 108 valence electrons. The molecule has 5 nitrogen and oxygen atoms in total. The molecule has 0 aromatic heterocycles. The van der Waals surface area contributed by atoms with E-state index in [9.17, 15) is 8.42 Å². The molecule has 0 spiro atoms. The van der Waals surface area contributed by atoms with Gasteiger partial charge in [-0.25, -0.2) is 13.1 Å². The van der Waals surface area contributed by atoms with Gasteiger partial charge in [-0.15, -0.1) is 0 Å². The minimum absolute atomic E-state index is 0.174. The first kappa shape index (κ1) is 16.1. The van der Waals surface area contributed by atoms with Crippen molar-refractivity contribution < 1.29 is 13.5 Å². The molecule has 1 aromatic rings. The molecule has 0 saturated carbocycles. The van der Waals surface area contributed by atoms with E-state index in [1.807, 2.05) is 32.8 Å². The number of likely N-dealkylation sites (N-methyl/N-ethyl adjacent to an activating group) is 1. The summed E-state index contributed by atoms with van der Waals surface area (Å²) >= 11 is 0. The van der Waals surface area contributed by atoms with Crippen molar-refractivity contribution in [2.24, 2.45) is 0 Å². The number of nitrogens with zero attached hydrogens (tertiary/aromatic N) is 1. The Hall–Kier alpha value is -0.950. The van der Waals surface area contributed by atoms with Crippen molar-refractivity contribution >= 4 is 10.0 Å². The Morgan fingerprint density at radius 1 is 1.32 bits per heavy atom. The Labute approximate surface area is 115 Å². The summed E-state index contributed by atoms with van der Waals surface area (Å²) in [4.78, 5) is 2.13. The molecule has 0 aliphatic carbocycles. The molecule has 2 N–H and O–H groups in total. The van der Waals surface area contributed by atoms with Crippen LogP contribution in [0.1, 0.15) is 19.4 Å². The summed E-state index contributed by atoms with van der Waals surface area (Å²) < 4.78 is 26.9. The lowest BCUT2D eigenvalue weighted by Crippen LogP contribution is -2.48. The third-order valence-electron chi connectivity index (χ3n) is 3.30. The van der Waals surface area contributed by atoms with Crippen molar-refractivity contribution in [1.29, 1.82) is 0 Å². The van der Waals surface area contributed by atoms with E-state index >= 15 is 0 Å². The van der Waals surface area contributed by atoms with E-state index < -0.39 is 10.0 Å². The maximum absolute atomic E-state index is 12.2. The van der Waals surface area contributed by atoms with Crippen molar-refractivity contribution in [3.05, 3.63) is 29.8 Å². The molecular weight excluding hydrogens is 264 g/mol. The number of sulfonamides is 1. The monoisotopic (exact) mass is 286 g/mol. The second-order valence-electron chi connectivity index (χ2n) is 5.34. The molecule has 0 unspecified atom stereocenters. The summed E-state index contributed by atoms with van der Waals surface area (Å²) in [6, 6.07) is 6.30. The van der Waals surface area contributed by atoms with Gasteiger partial charge in [-0.2, -0.15) is 0 Å². The average Bonchev–Trinajstić information content (AvgIpc) is 2.36. The van der Waals surface area contributed by atoms with Crippen molar-refractivity contribution in [2.75, 3.05) is 20.6 Å². The van der Waals surface area contributed by atoms with Crippen LogP contribution in [0.5, 0.6) is 0 Å². The Bertz CT molecular complexity index is 524. The standard InChI is InChI=1S/C13H22N2O3S/c1-13(2,15(3)4)10-14-19(17,18)12-7-5-6-11(8-12)9-16/h5-8,14,16H,9-10H2,1-4H3. The minimum Gasteiger partial charge on any atom is -0.392 e. The van der Waals surface area contributed by atoms with Gasteiger partial charge in [0.05, 0.1) is 11.5 Å². The molecule has 0 heterocycles. The van der Waals surface area contributed by atoms with Gasteiger partial charge in [-0.05, 0) is 45.6 Å². The molecule has 6 heteroatoms. The van der Waals surface area contributed by atoms with Crippen molar-refractivity contribution in [3.63, 3.8) is 0 Å². The predicted molar refractivity (Wildman–Crippen MR) is 75.3 cm³/mol. The molecule has 0 fully saturated rings. The van der Waals surface area contributed by atoms with Crippen LogP contribution in [0.4, 0.5) is 0 Å². The van der Waals surface area contributed by atoms with Gasteiger partial charge >= 0.3 is 0 Å². The summed E-state index contributed by atoms with van der Waals surface area (Å²) in [5.41, 5.74) is 0.302. The SMILES string of the molecule is CN(C)C(C)(C)CNS(=O)(=O)c1cccc(CO)c1. The molecule has 1 rings (SSSR count). The third kappa shape index (κ3) is 4.28. The number of hydrogen-bond acceptors (Lipinski definition) is 4. The molecular formula is C13H22N2O3S. The molecule has 0 aliphatic heterocycles. The summed E-state index contributed by atoms with van der Waals surface area (Å²) in [6.45, 7) is 4.05.